The highest BCUT2D eigenvalue weighted by Gasteiger charge is 2.36. The fourth-order valence-electron chi connectivity index (χ4n) is 4.00. The van der Waals surface area contributed by atoms with Crippen LogP contribution in [0, 0.1) is 5.92 Å². The molecule has 1 amide bonds. The number of carbonyl (C=O) groups is 1. The van der Waals surface area contributed by atoms with Crippen molar-refractivity contribution in [2.75, 3.05) is 13.1 Å². The Morgan fingerprint density at radius 3 is 2.80 bits per heavy atom. The summed E-state index contributed by atoms with van der Waals surface area (Å²) < 4.78 is 37.3. The van der Waals surface area contributed by atoms with Crippen molar-refractivity contribution in [2.24, 2.45) is 5.92 Å². The van der Waals surface area contributed by atoms with Gasteiger partial charge in [-0.25, -0.2) is 4.98 Å². The smallest absolute Gasteiger partial charge is 0.349 e. The van der Waals surface area contributed by atoms with E-state index in [1.807, 2.05) is 0 Å². The molecule has 0 bridgehead atoms. The Morgan fingerprint density at radius 2 is 2.04 bits per heavy atom. The van der Waals surface area contributed by atoms with Gasteiger partial charge in [-0.3, -0.25) is 9.89 Å². The lowest BCUT2D eigenvalue weighted by Gasteiger charge is -2.44. The van der Waals surface area contributed by atoms with Gasteiger partial charge in [0.25, 0.3) is 5.82 Å². The van der Waals surface area contributed by atoms with E-state index < -0.39 is 12.0 Å². The third-order valence-corrected chi connectivity index (χ3v) is 5.21. The SMILES string of the molecule is O=C(CC[C@@H]1CCCN2CCCC[C@H]12)NCc1nc(C(F)(F)F)n[nH]1. The molecular weight excluding hydrogens is 335 g/mol. The molecule has 0 aliphatic carbocycles. The average Bonchev–Trinajstić information content (AvgIpc) is 3.07. The molecule has 140 valence electrons. The van der Waals surface area contributed by atoms with Gasteiger partial charge < -0.3 is 10.2 Å². The van der Waals surface area contributed by atoms with E-state index in [4.69, 9.17) is 0 Å². The highest BCUT2D eigenvalue weighted by molar-refractivity contribution is 5.75. The van der Waals surface area contributed by atoms with Gasteiger partial charge in [-0.15, -0.1) is 5.10 Å². The van der Waals surface area contributed by atoms with Gasteiger partial charge in [-0.2, -0.15) is 13.2 Å². The summed E-state index contributed by atoms with van der Waals surface area (Å²) >= 11 is 0. The molecule has 2 aliphatic heterocycles. The number of carbonyl (C=O) groups excluding carboxylic acids is 1. The molecule has 2 atom stereocenters. The summed E-state index contributed by atoms with van der Waals surface area (Å²) in [4.78, 5) is 17.9. The van der Waals surface area contributed by atoms with Crippen molar-refractivity contribution in [3.8, 4) is 0 Å². The molecule has 2 fully saturated rings. The van der Waals surface area contributed by atoms with Gasteiger partial charge in [-0.1, -0.05) is 6.42 Å². The third kappa shape index (κ3) is 4.71. The molecular formula is C16H24F3N5O. The van der Waals surface area contributed by atoms with Crippen LogP contribution in [0.4, 0.5) is 13.2 Å². The van der Waals surface area contributed by atoms with Gasteiger partial charge in [0.05, 0.1) is 6.54 Å². The standard InChI is InChI=1S/C16H24F3N5O/c17-16(18,19)15-21-13(22-23-15)10-20-14(25)7-6-11-4-3-9-24-8-2-1-5-12(11)24/h11-12H,1-10H2,(H,20,25)(H,21,22,23)/t11-,12+/m0/s1. The molecule has 0 spiro atoms. The van der Waals surface area contributed by atoms with Crippen molar-refractivity contribution in [3.05, 3.63) is 11.6 Å². The van der Waals surface area contributed by atoms with Crippen LogP contribution >= 0.6 is 0 Å². The maximum atomic E-state index is 12.4. The predicted molar refractivity (Wildman–Crippen MR) is 84.4 cm³/mol. The lowest BCUT2D eigenvalue weighted by Crippen LogP contribution is -2.48. The zero-order valence-electron chi connectivity index (χ0n) is 14.1. The van der Waals surface area contributed by atoms with Gasteiger partial charge >= 0.3 is 6.18 Å². The first kappa shape index (κ1) is 18.2. The van der Waals surface area contributed by atoms with Crippen LogP contribution in [0.3, 0.4) is 0 Å². The van der Waals surface area contributed by atoms with E-state index in [0.29, 0.717) is 18.4 Å². The lowest BCUT2D eigenvalue weighted by molar-refractivity contribution is -0.144. The number of alkyl halides is 3. The van der Waals surface area contributed by atoms with Crippen LogP contribution in [0.5, 0.6) is 0 Å². The molecule has 0 aromatic carbocycles. The molecule has 2 saturated heterocycles. The highest BCUT2D eigenvalue weighted by atomic mass is 19.4. The molecule has 3 heterocycles. The molecule has 25 heavy (non-hydrogen) atoms. The summed E-state index contributed by atoms with van der Waals surface area (Å²) in [6, 6.07) is 0.596. The second-order valence-corrected chi connectivity index (χ2v) is 6.92. The van der Waals surface area contributed by atoms with Crippen molar-refractivity contribution in [1.82, 2.24) is 25.4 Å². The van der Waals surface area contributed by atoms with E-state index in [0.717, 1.165) is 12.8 Å². The monoisotopic (exact) mass is 359 g/mol. The molecule has 6 nitrogen and oxygen atoms in total. The Hall–Kier alpha value is -1.64. The number of hydrogen-bond donors (Lipinski definition) is 2. The third-order valence-electron chi connectivity index (χ3n) is 5.21. The van der Waals surface area contributed by atoms with Crippen molar-refractivity contribution < 1.29 is 18.0 Å². The van der Waals surface area contributed by atoms with Crippen molar-refractivity contribution in [1.29, 1.82) is 0 Å². The Bertz CT molecular complexity index is 587. The molecule has 0 unspecified atom stereocenters. The zero-order valence-corrected chi connectivity index (χ0v) is 14.1. The first-order chi connectivity index (χ1) is 11.9. The lowest BCUT2D eigenvalue weighted by atomic mass is 9.81. The zero-order chi connectivity index (χ0) is 17.9. The first-order valence-electron chi connectivity index (χ1n) is 8.92. The molecule has 2 aliphatic rings. The largest absolute Gasteiger partial charge is 0.453 e. The number of halogens is 3. The molecule has 9 heteroatoms. The second-order valence-electron chi connectivity index (χ2n) is 6.92. The summed E-state index contributed by atoms with van der Waals surface area (Å²) in [5, 5.41) is 7.94. The van der Waals surface area contributed by atoms with Crippen molar-refractivity contribution in [3.63, 3.8) is 0 Å². The minimum absolute atomic E-state index is 0.0109. The molecule has 1 aromatic heterocycles. The van der Waals surface area contributed by atoms with E-state index in [1.165, 1.54) is 38.8 Å². The summed E-state index contributed by atoms with van der Waals surface area (Å²) in [5.74, 6) is -0.812. The minimum atomic E-state index is -4.58. The van der Waals surface area contributed by atoms with Crippen LogP contribution < -0.4 is 5.32 Å². The fraction of sp³-hybridized carbons (Fsp3) is 0.812. The maximum absolute atomic E-state index is 12.4. The normalized spacial score (nSPS) is 24.8. The summed E-state index contributed by atoms with van der Waals surface area (Å²) in [6.45, 7) is 2.27. The van der Waals surface area contributed by atoms with E-state index in [1.54, 1.807) is 0 Å². The number of fused-ring (bicyclic) bond motifs is 1. The summed E-state index contributed by atoms with van der Waals surface area (Å²) in [6.07, 6.45) is 2.73. The van der Waals surface area contributed by atoms with Gasteiger partial charge in [-0.05, 0) is 51.1 Å². The van der Waals surface area contributed by atoms with Crippen molar-refractivity contribution in [2.45, 2.75) is 63.7 Å². The molecule has 0 saturated carbocycles. The molecule has 0 radical (unpaired) electrons. The molecule has 1 aromatic rings. The molecule has 3 rings (SSSR count). The number of aromatic nitrogens is 3. The van der Waals surface area contributed by atoms with Crippen LogP contribution in [0.2, 0.25) is 0 Å². The van der Waals surface area contributed by atoms with Crippen LogP contribution in [0.25, 0.3) is 0 Å². The quantitative estimate of drug-likeness (QED) is 0.847. The first-order valence-corrected chi connectivity index (χ1v) is 8.92. The highest BCUT2D eigenvalue weighted by Crippen LogP contribution is 2.33. The Kier molecular flexibility index (Phi) is 5.61. The van der Waals surface area contributed by atoms with E-state index in [2.05, 4.69) is 25.4 Å². The molecule has 2 N–H and O–H groups in total. The number of rotatable bonds is 5. The van der Waals surface area contributed by atoms with Crippen molar-refractivity contribution >= 4 is 5.91 Å². The van der Waals surface area contributed by atoms with Gasteiger partial charge in [0, 0.05) is 12.5 Å². The van der Waals surface area contributed by atoms with Gasteiger partial charge in [0.2, 0.25) is 5.91 Å². The minimum Gasteiger partial charge on any atom is -0.349 e. The van der Waals surface area contributed by atoms with Crippen LogP contribution in [0.15, 0.2) is 0 Å². The average molecular weight is 359 g/mol. The Balaban J connectivity index is 1.42. The second kappa shape index (κ2) is 7.72. The Labute approximate surface area is 144 Å². The number of piperidine rings is 2. The van der Waals surface area contributed by atoms with Gasteiger partial charge in [0.15, 0.2) is 0 Å². The number of nitrogens with one attached hydrogen (secondary N) is 2. The van der Waals surface area contributed by atoms with Crippen LogP contribution in [-0.2, 0) is 17.5 Å². The number of aromatic amines is 1. The number of H-pyrrole nitrogens is 1. The van der Waals surface area contributed by atoms with Crippen LogP contribution in [0.1, 0.15) is 56.6 Å². The number of hydrogen-bond acceptors (Lipinski definition) is 4. The predicted octanol–water partition coefficient (Wildman–Crippen LogP) is 2.48. The van der Waals surface area contributed by atoms with Gasteiger partial charge in [0.1, 0.15) is 5.82 Å². The van der Waals surface area contributed by atoms with E-state index >= 15 is 0 Å². The van der Waals surface area contributed by atoms with Crippen LogP contribution in [-0.4, -0.2) is 45.1 Å². The number of amides is 1. The summed E-state index contributed by atoms with van der Waals surface area (Å²) in [7, 11) is 0. The van der Waals surface area contributed by atoms with E-state index in [-0.39, 0.29) is 18.3 Å². The Morgan fingerprint density at radius 1 is 1.24 bits per heavy atom. The topological polar surface area (TPSA) is 73.9 Å². The summed E-state index contributed by atoms with van der Waals surface area (Å²) in [5.41, 5.74) is 0. The number of nitrogens with zero attached hydrogens (tertiary/aromatic N) is 3. The maximum Gasteiger partial charge on any atom is 0.453 e. The van der Waals surface area contributed by atoms with E-state index in [9.17, 15) is 18.0 Å². The fourth-order valence-corrected chi connectivity index (χ4v) is 4.00.